The Hall–Kier alpha value is -1.87. The summed E-state index contributed by atoms with van der Waals surface area (Å²) in [6.45, 7) is 4.04. The van der Waals surface area contributed by atoms with Gasteiger partial charge >= 0.3 is 0 Å². The first-order chi connectivity index (χ1) is 17.2. The fraction of sp³-hybridized carbons (Fsp3) is 0.571. The lowest BCUT2D eigenvalue weighted by Crippen LogP contribution is -2.62. The molecule has 0 radical (unpaired) electrons. The third-order valence-corrected chi connectivity index (χ3v) is 10.6. The molecule has 8 heteroatoms. The summed E-state index contributed by atoms with van der Waals surface area (Å²) < 4.78 is 40.8. The number of carbonyl (C=O) groups excluding carboxylic acids is 2. The van der Waals surface area contributed by atoms with Gasteiger partial charge in [-0.3, -0.25) is 9.59 Å². The van der Waals surface area contributed by atoms with Crippen LogP contribution >= 0.6 is 11.8 Å². The first-order valence-electron chi connectivity index (χ1n) is 12.6. The molecule has 36 heavy (non-hydrogen) atoms. The van der Waals surface area contributed by atoms with Crippen molar-refractivity contribution in [1.29, 1.82) is 0 Å². The highest BCUT2D eigenvalue weighted by atomic mass is 32.2. The molecule has 0 spiro atoms. The lowest BCUT2D eigenvalue weighted by molar-refractivity contribution is -0.195. The van der Waals surface area contributed by atoms with Gasteiger partial charge in [0.15, 0.2) is 17.7 Å². The number of allylic oxidation sites excluding steroid dienone is 4. The van der Waals surface area contributed by atoms with E-state index in [1.54, 1.807) is 30.4 Å². The van der Waals surface area contributed by atoms with E-state index in [9.17, 15) is 23.5 Å². The van der Waals surface area contributed by atoms with E-state index < -0.39 is 51.9 Å². The monoisotopic (exact) mass is 516 g/mol. The molecule has 1 unspecified atom stereocenters. The van der Waals surface area contributed by atoms with Gasteiger partial charge in [0.2, 0.25) is 5.12 Å². The number of ether oxygens (including phenoxy) is 2. The Labute approximate surface area is 213 Å². The molecule has 192 valence electrons. The molecule has 0 amide bonds. The number of halogens is 2. The molecule has 3 saturated carbocycles. The molecule has 5 nitrogen and oxygen atoms in total. The zero-order valence-electron chi connectivity index (χ0n) is 20.3. The molecule has 1 N–H and O–H groups in total. The number of alkyl halides is 1. The minimum Gasteiger partial charge on any atom is -0.393 e. The average Bonchev–Trinajstić information content (AvgIpc) is 3.33. The SMILES string of the molecule is C[C@]12C=CC(=O)C=C1CC[C@@H]1[C@@H]2[C@@H](O)C[C@@]2(C)[C@H]1C[C@H]1OC(c3ccccc3F)O[C@]12C(=O)SCF. The second-order valence-electron chi connectivity index (χ2n) is 11.3. The number of ketones is 1. The molecule has 0 aromatic heterocycles. The smallest absolute Gasteiger partial charge is 0.226 e. The summed E-state index contributed by atoms with van der Waals surface area (Å²) >= 11 is 0.556. The standard InChI is InChI=1S/C28H30F2O5S/c1-26-10-9-16(31)11-15(26)7-8-17-19-12-22-28(25(33)36-14-29,27(19,2)13-21(32)23(17)26)35-24(34-22)18-5-3-4-6-20(18)30/h3-6,9-11,17,19,21-24,32H,7-8,12-14H2,1-2H3/t17-,19-,21-,22+,23+,24?,26-,27-,28-/m0/s1. The zero-order chi connectivity index (χ0) is 25.5. The average molecular weight is 517 g/mol. The molecule has 1 aromatic rings. The van der Waals surface area contributed by atoms with Gasteiger partial charge in [-0.2, -0.15) is 0 Å². The van der Waals surface area contributed by atoms with Crippen molar-refractivity contribution in [2.45, 2.75) is 63.6 Å². The van der Waals surface area contributed by atoms with E-state index >= 15 is 0 Å². The first-order valence-corrected chi connectivity index (χ1v) is 13.6. The van der Waals surface area contributed by atoms with E-state index in [-0.39, 0.29) is 35.5 Å². The summed E-state index contributed by atoms with van der Waals surface area (Å²) in [5.41, 5.74) is -1.53. The number of rotatable bonds is 3. The van der Waals surface area contributed by atoms with Gasteiger partial charge in [-0.1, -0.05) is 55.5 Å². The number of hydrogen-bond donors (Lipinski definition) is 1. The zero-order valence-corrected chi connectivity index (χ0v) is 21.1. The number of carbonyl (C=O) groups is 2. The molecule has 4 aliphatic carbocycles. The second kappa shape index (κ2) is 8.32. The first kappa shape index (κ1) is 24.5. The number of aliphatic hydroxyl groups is 1. The van der Waals surface area contributed by atoms with Crippen LogP contribution < -0.4 is 0 Å². The highest BCUT2D eigenvalue weighted by Crippen LogP contribution is 2.71. The Balaban J connectivity index is 1.41. The Morgan fingerprint density at radius 3 is 2.81 bits per heavy atom. The van der Waals surface area contributed by atoms with Crippen molar-refractivity contribution in [2.75, 3.05) is 6.01 Å². The van der Waals surface area contributed by atoms with Crippen molar-refractivity contribution in [3.8, 4) is 0 Å². The third kappa shape index (κ3) is 3.11. The molecule has 4 fully saturated rings. The van der Waals surface area contributed by atoms with Gasteiger partial charge in [0.05, 0.1) is 12.2 Å². The summed E-state index contributed by atoms with van der Waals surface area (Å²) in [5, 5.41) is 11.2. The van der Waals surface area contributed by atoms with E-state index in [4.69, 9.17) is 9.47 Å². The number of aliphatic hydroxyl groups excluding tert-OH is 1. The molecule has 1 aromatic carbocycles. The van der Waals surface area contributed by atoms with Crippen LogP contribution in [0.4, 0.5) is 8.78 Å². The fourth-order valence-electron chi connectivity index (χ4n) is 8.38. The van der Waals surface area contributed by atoms with Gasteiger partial charge in [-0.25, -0.2) is 8.78 Å². The van der Waals surface area contributed by atoms with E-state index in [0.29, 0.717) is 18.2 Å². The number of fused-ring (bicyclic) bond motifs is 7. The van der Waals surface area contributed by atoms with Gasteiger partial charge in [0, 0.05) is 22.3 Å². The maximum absolute atomic E-state index is 14.6. The summed E-state index contributed by atoms with van der Waals surface area (Å²) in [4.78, 5) is 25.7. The molecule has 0 bridgehead atoms. The third-order valence-electron chi connectivity index (χ3n) is 9.88. The van der Waals surface area contributed by atoms with Crippen LogP contribution in [0.1, 0.15) is 51.4 Å². The Bertz CT molecular complexity index is 1180. The number of hydrogen-bond acceptors (Lipinski definition) is 6. The summed E-state index contributed by atoms with van der Waals surface area (Å²) in [7, 11) is 0. The van der Waals surface area contributed by atoms with Crippen LogP contribution in [0.2, 0.25) is 0 Å². The molecule has 1 aliphatic heterocycles. The van der Waals surface area contributed by atoms with Crippen LogP contribution in [0.3, 0.4) is 0 Å². The van der Waals surface area contributed by atoms with E-state index in [1.807, 2.05) is 13.0 Å². The van der Waals surface area contributed by atoms with E-state index in [2.05, 4.69) is 6.92 Å². The summed E-state index contributed by atoms with van der Waals surface area (Å²) in [6, 6.07) is 5.24. The highest BCUT2D eigenvalue weighted by molar-refractivity contribution is 8.13. The fourth-order valence-corrected chi connectivity index (χ4v) is 9.11. The second-order valence-corrected chi connectivity index (χ2v) is 12.2. The van der Waals surface area contributed by atoms with Gasteiger partial charge in [0.25, 0.3) is 0 Å². The lowest BCUT2D eigenvalue weighted by Gasteiger charge is -2.59. The van der Waals surface area contributed by atoms with Crippen molar-refractivity contribution in [3.05, 3.63) is 59.4 Å². The molecule has 1 saturated heterocycles. The topological polar surface area (TPSA) is 72.8 Å². The molecular weight excluding hydrogens is 486 g/mol. The minimum atomic E-state index is -1.50. The van der Waals surface area contributed by atoms with Crippen molar-refractivity contribution in [3.63, 3.8) is 0 Å². The van der Waals surface area contributed by atoms with Crippen LogP contribution in [-0.2, 0) is 19.1 Å². The van der Waals surface area contributed by atoms with Gasteiger partial charge < -0.3 is 14.6 Å². The predicted octanol–water partition coefficient (Wildman–Crippen LogP) is 5.05. The van der Waals surface area contributed by atoms with Crippen LogP contribution in [-0.4, -0.2) is 39.8 Å². The quantitative estimate of drug-likeness (QED) is 0.606. The highest BCUT2D eigenvalue weighted by Gasteiger charge is 2.76. The normalized spacial score (nSPS) is 44.9. The molecular formula is C28H30F2O5S. The van der Waals surface area contributed by atoms with Crippen molar-refractivity contribution >= 4 is 22.7 Å². The molecule has 5 aliphatic rings. The molecule has 6 rings (SSSR count). The molecule has 9 atom stereocenters. The van der Waals surface area contributed by atoms with Crippen LogP contribution in [0, 0.1) is 34.4 Å². The maximum Gasteiger partial charge on any atom is 0.226 e. The van der Waals surface area contributed by atoms with Crippen LogP contribution in [0.15, 0.2) is 48.1 Å². The maximum atomic E-state index is 14.6. The van der Waals surface area contributed by atoms with Gasteiger partial charge in [0.1, 0.15) is 11.8 Å². The van der Waals surface area contributed by atoms with Crippen molar-refractivity contribution in [1.82, 2.24) is 0 Å². The Morgan fingerprint density at radius 2 is 2.06 bits per heavy atom. The van der Waals surface area contributed by atoms with E-state index in [0.717, 1.165) is 18.4 Å². The van der Waals surface area contributed by atoms with Crippen LogP contribution in [0.25, 0.3) is 0 Å². The largest absolute Gasteiger partial charge is 0.393 e. The van der Waals surface area contributed by atoms with E-state index in [1.165, 1.54) is 6.07 Å². The Kier molecular flexibility index (Phi) is 5.65. The van der Waals surface area contributed by atoms with Gasteiger partial charge in [-0.05, 0) is 55.7 Å². The minimum absolute atomic E-state index is 0.0222. The Morgan fingerprint density at radius 1 is 1.28 bits per heavy atom. The number of thioether (sulfide) groups is 1. The van der Waals surface area contributed by atoms with Gasteiger partial charge in [-0.15, -0.1) is 0 Å². The van der Waals surface area contributed by atoms with Crippen LogP contribution in [0.5, 0.6) is 0 Å². The number of benzene rings is 1. The lowest BCUT2D eigenvalue weighted by atomic mass is 9.46. The predicted molar refractivity (Wildman–Crippen MR) is 130 cm³/mol. The molecule has 1 heterocycles. The van der Waals surface area contributed by atoms with Crippen molar-refractivity contribution < 1.29 is 33.0 Å². The summed E-state index contributed by atoms with van der Waals surface area (Å²) in [6.07, 6.45) is 4.98. The van der Waals surface area contributed by atoms with Crippen molar-refractivity contribution in [2.24, 2.45) is 28.6 Å². The summed E-state index contributed by atoms with van der Waals surface area (Å²) in [5.74, 6) is -0.608.